The van der Waals surface area contributed by atoms with Crippen LogP contribution < -0.4 is 0 Å². The van der Waals surface area contributed by atoms with E-state index < -0.39 is 5.60 Å². The van der Waals surface area contributed by atoms with Crippen LogP contribution in [0.5, 0.6) is 0 Å². The summed E-state index contributed by atoms with van der Waals surface area (Å²) >= 11 is 0. The number of hydrogen-bond acceptors (Lipinski definition) is 3. The molecule has 108 valence electrons. The molecule has 0 spiro atoms. The zero-order chi connectivity index (χ0) is 14.6. The Morgan fingerprint density at radius 2 is 1.95 bits per heavy atom. The fourth-order valence-electron chi connectivity index (χ4n) is 2.36. The molecule has 2 rings (SSSR count). The van der Waals surface area contributed by atoms with Crippen molar-refractivity contribution in [2.24, 2.45) is 5.92 Å². The molecule has 0 aliphatic rings. The summed E-state index contributed by atoms with van der Waals surface area (Å²) in [4.78, 5) is 4.32. The van der Waals surface area contributed by atoms with E-state index in [1.807, 2.05) is 41.9 Å². The zero-order valence-corrected chi connectivity index (χ0v) is 12.5. The summed E-state index contributed by atoms with van der Waals surface area (Å²) in [5.41, 5.74) is 0.0461. The minimum Gasteiger partial charge on any atom is -0.385 e. The van der Waals surface area contributed by atoms with E-state index in [9.17, 15) is 5.11 Å². The van der Waals surface area contributed by atoms with Crippen LogP contribution in [0.2, 0.25) is 0 Å². The number of benzene rings is 1. The van der Waals surface area contributed by atoms with Gasteiger partial charge < -0.3 is 5.11 Å². The molecule has 20 heavy (non-hydrogen) atoms. The van der Waals surface area contributed by atoms with Crippen molar-refractivity contribution in [1.29, 1.82) is 0 Å². The molecule has 4 heteroatoms. The summed E-state index contributed by atoms with van der Waals surface area (Å²) in [5.74, 6) is 1.34. The van der Waals surface area contributed by atoms with Gasteiger partial charge in [-0.2, -0.15) is 5.10 Å². The Labute approximate surface area is 120 Å². The Morgan fingerprint density at radius 3 is 2.55 bits per heavy atom. The predicted octanol–water partition coefficient (Wildman–Crippen LogP) is 2.77. The second-order valence-electron chi connectivity index (χ2n) is 5.68. The van der Waals surface area contributed by atoms with Crippen LogP contribution in [0.15, 0.2) is 36.7 Å². The van der Waals surface area contributed by atoms with Crippen molar-refractivity contribution >= 4 is 0 Å². The Hall–Kier alpha value is -1.68. The van der Waals surface area contributed by atoms with Gasteiger partial charge >= 0.3 is 0 Å². The van der Waals surface area contributed by atoms with Crippen LogP contribution in [-0.4, -0.2) is 19.9 Å². The molecule has 0 amide bonds. The molecule has 0 saturated carbocycles. The normalized spacial score (nSPS) is 14.4. The second-order valence-corrected chi connectivity index (χ2v) is 5.68. The summed E-state index contributed by atoms with van der Waals surface area (Å²) in [6.45, 7) is 7.11. The Bertz CT molecular complexity index is 536. The van der Waals surface area contributed by atoms with E-state index >= 15 is 0 Å². The number of hydrogen-bond donors (Lipinski definition) is 1. The van der Waals surface area contributed by atoms with Crippen molar-refractivity contribution in [3.05, 3.63) is 48.0 Å². The van der Waals surface area contributed by atoms with Gasteiger partial charge in [-0.25, -0.2) is 9.67 Å². The number of aromatic nitrogens is 3. The highest BCUT2D eigenvalue weighted by Gasteiger charge is 2.29. The van der Waals surface area contributed by atoms with E-state index in [4.69, 9.17) is 0 Å². The lowest BCUT2D eigenvalue weighted by molar-refractivity contribution is 0.0294. The van der Waals surface area contributed by atoms with Crippen molar-refractivity contribution in [1.82, 2.24) is 14.8 Å². The minimum atomic E-state index is -0.886. The molecule has 0 fully saturated rings. The maximum atomic E-state index is 10.9. The van der Waals surface area contributed by atoms with Crippen molar-refractivity contribution in [3.8, 4) is 0 Å². The van der Waals surface area contributed by atoms with Gasteiger partial charge in [0.15, 0.2) is 0 Å². The van der Waals surface area contributed by atoms with Crippen LogP contribution in [-0.2, 0) is 18.6 Å². The van der Waals surface area contributed by atoms with E-state index in [1.54, 1.807) is 6.33 Å². The topological polar surface area (TPSA) is 50.9 Å². The van der Waals surface area contributed by atoms with E-state index in [0.29, 0.717) is 18.8 Å². The van der Waals surface area contributed by atoms with Crippen molar-refractivity contribution in [2.45, 2.75) is 45.8 Å². The molecule has 0 saturated heterocycles. The van der Waals surface area contributed by atoms with Gasteiger partial charge in [0.2, 0.25) is 0 Å². The molecule has 0 bridgehead atoms. The molecule has 1 heterocycles. The first-order chi connectivity index (χ1) is 9.55. The van der Waals surface area contributed by atoms with Gasteiger partial charge in [0.25, 0.3) is 0 Å². The molecule has 4 nitrogen and oxygen atoms in total. The SMILES string of the molecule is CCC(O)(Cc1ncnn1CC(C)C)c1ccccc1. The van der Waals surface area contributed by atoms with E-state index in [0.717, 1.165) is 17.9 Å². The molecule has 1 N–H and O–H groups in total. The lowest BCUT2D eigenvalue weighted by Gasteiger charge is -2.27. The van der Waals surface area contributed by atoms with Gasteiger partial charge in [0.1, 0.15) is 12.2 Å². The van der Waals surface area contributed by atoms with Gasteiger partial charge in [-0.05, 0) is 17.9 Å². The highest BCUT2D eigenvalue weighted by atomic mass is 16.3. The van der Waals surface area contributed by atoms with Crippen LogP contribution in [0.25, 0.3) is 0 Å². The van der Waals surface area contributed by atoms with Gasteiger partial charge in [-0.3, -0.25) is 0 Å². The largest absolute Gasteiger partial charge is 0.385 e. The summed E-state index contributed by atoms with van der Waals surface area (Å²) in [5, 5.41) is 15.2. The zero-order valence-electron chi connectivity index (χ0n) is 12.5. The highest BCUT2D eigenvalue weighted by Crippen LogP contribution is 2.28. The maximum absolute atomic E-state index is 10.9. The molecule has 1 unspecified atom stereocenters. The van der Waals surface area contributed by atoms with Gasteiger partial charge in [-0.15, -0.1) is 0 Å². The number of aliphatic hydroxyl groups is 1. The molecular weight excluding hydrogens is 250 g/mol. The summed E-state index contributed by atoms with van der Waals surface area (Å²) in [6.07, 6.45) is 2.70. The van der Waals surface area contributed by atoms with E-state index in [-0.39, 0.29) is 0 Å². The molecule has 1 aromatic heterocycles. The second kappa shape index (κ2) is 6.18. The first kappa shape index (κ1) is 14.7. The Balaban J connectivity index is 2.25. The van der Waals surface area contributed by atoms with Gasteiger partial charge in [0.05, 0.1) is 5.60 Å². The summed E-state index contributed by atoms with van der Waals surface area (Å²) < 4.78 is 1.90. The van der Waals surface area contributed by atoms with Crippen LogP contribution in [0.4, 0.5) is 0 Å². The third-order valence-corrected chi connectivity index (χ3v) is 3.58. The Morgan fingerprint density at radius 1 is 1.25 bits per heavy atom. The van der Waals surface area contributed by atoms with Crippen molar-refractivity contribution in [3.63, 3.8) is 0 Å². The van der Waals surface area contributed by atoms with Crippen LogP contribution in [0.1, 0.15) is 38.6 Å². The monoisotopic (exact) mass is 273 g/mol. The average Bonchev–Trinajstić information content (AvgIpc) is 2.86. The van der Waals surface area contributed by atoms with Crippen molar-refractivity contribution in [2.75, 3.05) is 0 Å². The first-order valence-corrected chi connectivity index (χ1v) is 7.19. The summed E-state index contributed by atoms with van der Waals surface area (Å²) in [7, 11) is 0. The fraction of sp³-hybridized carbons (Fsp3) is 0.500. The number of rotatable bonds is 6. The van der Waals surface area contributed by atoms with Gasteiger partial charge in [0, 0.05) is 13.0 Å². The van der Waals surface area contributed by atoms with Crippen LogP contribution in [0.3, 0.4) is 0 Å². The molecule has 2 aromatic rings. The van der Waals surface area contributed by atoms with Crippen molar-refractivity contribution < 1.29 is 5.11 Å². The first-order valence-electron chi connectivity index (χ1n) is 7.19. The molecular formula is C16H23N3O. The number of nitrogens with zero attached hydrogens (tertiary/aromatic N) is 3. The van der Waals surface area contributed by atoms with E-state index in [1.165, 1.54) is 0 Å². The van der Waals surface area contributed by atoms with Crippen LogP contribution in [0, 0.1) is 5.92 Å². The lowest BCUT2D eigenvalue weighted by atomic mass is 9.87. The van der Waals surface area contributed by atoms with Crippen LogP contribution >= 0.6 is 0 Å². The molecule has 0 aliphatic carbocycles. The molecule has 1 aromatic carbocycles. The van der Waals surface area contributed by atoms with E-state index in [2.05, 4.69) is 23.9 Å². The molecule has 0 radical (unpaired) electrons. The lowest BCUT2D eigenvalue weighted by Crippen LogP contribution is -2.29. The smallest absolute Gasteiger partial charge is 0.138 e. The standard InChI is InChI=1S/C16H23N3O/c1-4-16(20,14-8-6-5-7-9-14)10-15-17-12-18-19(15)11-13(2)3/h5-9,12-13,20H,4,10-11H2,1-3H3. The summed E-state index contributed by atoms with van der Waals surface area (Å²) in [6, 6.07) is 9.80. The minimum absolute atomic E-state index is 0.486. The maximum Gasteiger partial charge on any atom is 0.138 e. The quantitative estimate of drug-likeness (QED) is 0.880. The highest BCUT2D eigenvalue weighted by molar-refractivity contribution is 5.23. The fourth-order valence-corrected chi connectivity index (χ4v) is 2.36. The third-order valence-electron chi connectivity index (χ3n) is 3.58. The predicted molar refractivity (Wildman–Crippen MR) is 79.2 cm³/mol. The Kier molecular flexibility index (Phi) is 4.55. The molecule has 0 aliphatic heterocycles. The third kappa shape index (κ3) is 3.25. The van der Waals surface area contributed by atoms with Gasteiger partial charge in [-0.1, -0.05) is 51.1 Å². The molecule has 1 atom stereocenters. The average molecular weight is 273 g/mol.